The molecule has 0 heterocycles. The van der Waals surface area contributed by atoms with Crippen LogP contribution in [0.1, 0.15) is 39.2 Å². The molecule has 0 fully saturated rings. The number of benzene rings is 1. The first-order chi connectivity index (χ1) is 9.77. The normalized spacial score (nSPS) is 12.6. The van der Waals surface area contributed by atoms with Gasteiger partial charge in [-0.15, -0.1) is 0 Å². The lowest BCUT2D eigenvalue weighted by molar-refractivity contribution is -0.137. The number of aliphatic carboxylic acids is 1. The summed E-state index contributed by atoms with van der Waals surface area (Å²) in [6.07, 6.45) is 0.462. The lowest BCUT2D eigenvalue weighted by atomic mass is 9.83. The molecule has 0 saturated heterocycles. The lowest BCUT2D eigenvalue weighted by Gasteiger charge is -2.26. The van der Waals surface area contributed by atoms with Crippen LogP contribution in [0.25, 0.3) is 0 Å². The van der Waals surface area contributed by atoms with Gasteiger partial charge in [0.1, 0.15) is 5.75 Å². The highest BCUT2D eigenvalue weighted by atomic mass is 16.5. The van der Waals surface area contributed by atoms with Crippen molar-refractivity contribution in [3.05, 3.63) is 29.8 Å². The van der Waals surface area contributed by atoms with Gasteiger partial charge in [-0.2, -0.15) is 0 Å². The number of amides is 1. The highest BCUT2D eigenvalue weighted by Gasteiger charge is 2.30. The molecule has 1 aromatic carbocycles. The third-order valence-electron chi connectivity index (χ3n) is 3.55. The van der Waals surface area contributed by atoms with Crippen molar-refractivity contribution in [3.8, 4) is 5.75 Å². The number of nitrogens with one attached hydrogen (secondary N) is 1. The van der Waals surface area contributed by atoms with E-state index in [0.29, 0.717) is 6.42 Å². The molecule has 5 nitrogen and oxygen atoms in total. The number of carboxylic acids is 1. The van der Waals surface area contributed by atoms with Crippen molar-refractivity contribution < 1.29 is 19.4 Å². The fourth-order valence-corrected chi connectivity index (χ4v) is 1.96. The van der Waals surface area contributed by atoms with E-state index >= 15 is 0 Å². The van der Waals surface area contributed by atoms with Gasteiger partial charge < -0.3 is 15.2 Å². The third kappa shape index (κ3) is 4.77. The Labute approximate surface area is 125 Å². The monoisotopic (exact) mass is 293 g/mol. The molecule has 1 amide bonds. The zero-order valence-electron chi connectivity index (χ0n) is 13.0. The lowest BCUT2D eigenvalue weighted by Crippen LogP contribution is -2.44. The molecule has 5 heteroatoms. The molecule has 0 saturated carbocycles. The van der Waals surface area contributed by atoms with E-state index in [1.807, 2.05) is 45.0 Å². The number of rotatable bonds is 7. The minimum Gasteiger partial charge on any atom is -0.497 e. The van der Waals surface area contributed by atoms with Crippen LogP contribution in [-0.2, 0) is 15.0 Å². The summed E-state index contributed by atoms with van der Waals surface area (Å²) in [5.41, 5.74) is 0.190. The molecular formula is C16H23NO4. The molecule has 0 aliphatic carbocycles. The van der Waals surface area contributed by atoms with Gasteiger partial charge >= 0.3 is 5.97 Å². The summed E-state index contributed by atoms with van der Waals surface area (Å²) < 4.78 is 5.11. The summed E-state index contributed by atoms with van der Waals surface area (Å²) in [6, 6.07) is 7.18. The van der Waals surface area contributed by atoms with Gasteiger partial charge in [0.2, 0.25) is 5.91 Å². The number of methoxy groups -OCH3 is 1. The number of carboxylic acid groups (broad SMARTS) is 1. The van der Waals surface area contributed by atoms with Crippen molar-refractivity contribution in [2.75, 3.05) is 7.11 Å². The van der Waals surface area contributed by atoms with Gasteiger partial charge in [0.05, 0.1) is 12.5 Å². The van der Waals surface area contributed by atoms with Crippen molar-refractivity contribution >= 4 is 11.9 Å². The molecule has 0 spiro atoms. The van der Waals surface area contributed by atoms with E-state index in [-0.39, 0.29) is 18.4 Å². The number of hydrogen-bond donors (Lipinski definition) is 2. The Bertz CT molecular complexity index is 494. The van der Waals surface area contributed by atoms with Crippen LogP contribution in [0.3, 0.4) is 0 Å². The van der Waals surface area contributed by atoms with E-state index < -0.39 is 11.4 Å². The Kier molecular flexibility index (Phi) is 5.76. The van der Waals surface area contributed by atoms with E-state index in [1.54, 1.807) is 7.11 Å². The standard InChI is InChI=1S/C16H23NO4/c1-11(5-10-14(18)19)17-15(20)16(2,3)12-6-8-13(21-4)9-7-12/h6-9,11H,5,10H2,1-4H3,(H,17,20)(H,18,19). The first-order valence-electron chi connectivity index (χ1n) is 6.94. The van der Waals surface area contributed by atoms with E-state index in [9.17, 15) is 9.59 Å². The first-order valence-corrected chi connectivity index (χ1v) is 6.94. The van der Waals surface area contributed by atoms with Crippen molar-refractivity contribution in [3.63, 3.8) is 0 Å². The quantitative estimate of drug-likeness (QED) is 0.809. The molecule has 0 radical (unpaired) electrons. The molecule has 0 aliphatic rings. The second-order valence-electron chi connectivity index (χ2n) is 5.66. The Balaban J connectivity index is 2.71. The van der Waals surface area contributed by atoms with Crippen molar-refractivity contribution in [2.24, 2.45) is 0 Å². The van der Waals surface area contributed by atoms with Crippen LogP contribution < -0.4 is 10.1 Å². The molecule has 1 atom stereocenters. The molecular weight excluding hydrogens is 270 g/mol. The molecule has 0 bridgehead atoms. The van der Waals surface area contributed by atoms with Crippen LogP contribution in [0, 0.1) is 0 Å². The summed E-state index contributed by atoms with van der Waals surface area (Å²) in [7, 11) is 1.59. The molecule has 1 rings (SSSR count). The van der Waals surface area contributed by atoms with E-state index in [1.165, 1.54) is 0 Å². The molecule has 1 aromatic rings. The van der Waals surface area contributed by atoms with Crippen LogP contribution in [-0.4, -0.2) is 30.1 Å². The number of carbonyl (C=O) groups is 2. The van der Waals surface area contributed by atoms with Crippen molar-refractivity contribution in [2.45, 2.75) is 45.1 Å². The summed E-state index contributed by atoms with van der Waals surface area (Å²) >= 11 is 0. The third-order valence-corrected chi connectivity index (χ3v) is 3.55. The average molecular weight is 293 g/mol. The van der Waals surface area contributed by atoms with Gasteiger partial charge in [0.15, 0.2) is 0 Å². The Morgan fingerprint density at radius 3 is 2.33 bits per heavy atom. The molecule has 1 unspecified atom stereocenters. The highest BCUT2D eigenvalue weighted by Crippen LogP contribution is 2.25. The maximum absolute atomic E-state index is 12.4. The largest absolute Gasteiger partial charge is 0.497 e. The summed E-state index contributed by atoms with van der Waals surface area (Å²) in [5, 5.41) is 11.5. The maximum Gasteiger partial charge on any atom is 0.303 e. The van der Waals surface area contributed by atoms with Gasteiger partial charge in [-0.05, 0) is 44.9 Å². The van der Waals surface area contributed by atoms with Gasteiger partial charge in [-0.3, -0.25) is 9.59 Å². The Morgan fingerprint density at radius 1 is 1.29 bits per heavy atom. The maximum atomic E-state index is 12.4. The fourth-order valence-electron chi connectivity index (χ4n) is 1.96. The highest BCUT2D eigenvalue weighted by molar-refractivity contribution is 5.87. The zero-order chi connectivity index (χ0) is 16.0. The van der Waals surface area contributed by atoms with Crippen molar-refractivity contribution in [1.29, 1.82) is 0 Å². The summed E-state index contributed by atoms with van der Waals surface area (Å²) in [4.78, 5) is 22.9. The predicted octanol–water partition coefficient (Wildman–Crippen LogP) is 2.34. The fraction of sp³-hybridized carbons (Fsp3) is 0.500. The van der Waals surface area contributed by atoms with E-state index in [2.05, 4.69) is 5.32 Å². The second kappa shape index (κ2) is 7.11. The Morgan fingerprint density at radius 2 is 1.86 bits per heavy atom. The minimum atomic E-state index is -0.856. The SMILES string of the molecule is COc1ccc(C(C)(C)C(=O)NC(C)CCC(=O)O)cc1. The van der Waals surface area contributed by atoms with E-state index in [4.69, 9.17) is 9.84 Å². The average Bonchev–Trinajstić information content (AvgIpc) is 2.45. The van der Waals surface area contributed by atoms with Crippen LogP contribution in [0.15, 0.2) is 24.3 Å². The van der Waals surface area contributed by atoms with Gasteiger partial charge in [0.25, 0.3) is 0 Å². The van der Waals surface area contributed by atoms with Crippen molar-refractivity contribution in [1.82, 2.24) is 5.32 Å². The van der Waals surface area contributed by atoms with Crippen LogP contribution >= 0.6 is 0 Å². The van der Waals surface area contributed by atoms with Gasteiger partial charge in [0, 0.05) is 12.5 Å². The summed E-state index contributed by atoms with van der Waals surface area (Å²) in [6.45, 7) is 5.49. The number of carbonyl (C=O) groups excluding carboxylic acids is 1. The van der Waals surface area contributed by atoms with Gasteiger partial charge in [-0.1, -0.05) is 12.1 Å². The zero-order valence-corrected chi connectivity index (χ0v) is 13.0. The number of hydrogen-bond acceptors (Lipinski definition) is 3. The van der Waals surface area contributed by atoms with Crippen LogP contribution in [0.5, 0.6) is 5.75 Å². The van der Waals surface area contributed by atoms with Gasteiger partial charge in [-0.25, -0.2) is 0 Å². The topological polar surface area (TPSA) is 75.6 Å². The van der Waals surface area contributed by atoms with Crippen LogP contribution in [0.2, 0.25) is 0 Å². The molecule has 2 N–H and O–H groups in total. The smallest absolute Gasteiger partial charge is 0.303 e. The molecule has 116 valence electrons. The first kappa shape index (κ1) is 17.0. The molecule has 21 heavy (non-hydrogen) atoms. The summed E-state index contributed by atoms with van der Waals surface area (Å²) in [5.74, 6) is -0.235. The predicted molar refractivity (Wildman–Crippen MR) is 80.5 cm³/mol. The Hall–Kier alpha value is -2.04. The second-order valence-corrected chi connectivity index (χ2v) is 5.66. The molecule has 0 aliphatic heterocycles. The minimum absolute atomic E-state index is 0.0460. The van der Waals surface area contributed by atoms with E-state index in [0.717, 1.165) is 11.3 Å². The van der Waals surface area contributed by atoms with Crippen LogP contribution in [0.4, 0.5) is 0 Å². The number of ether oxygens (including phenoxy) is 1. The molecule has 0 aromatic heterocycles.